The van der Waals surface area contributed by atoms with Gasteiger partial charge in [0.2, 0.25) is 11.8 Å². The fourth-order valence-corrected chi connectivity index (χ4v) is 5.46. The number of anilines is 1. The van der Waals surface area contributed by atoms with Crippen molar-refractivity contribution in [1.82, 2.24) is 10.2 Å². The number of carbonyl (C=O) groups excluding carboxylic acids is 2. The third-order valence-electron chi connectivity index (χ3n) is 7.48. The minimum absolute atomic E-state index is 0.251. The number of nitrogens with one attached hydrogen (secondary N) is 1. The first-order valence-corrected chi connectivity index (χ1v) is 11.7. The third kappa shape index (κ3) is 5.26. The molecule has 2 amide bonds. The number of hydrogen-bond donors (Lipinski definition) is 2. The van der Waals surface area contributed by atoms with Gasteiger partial charge in [0.15, 0.2) is 0 Å². The van der Waals surface area contributed by atoms with Crippen LogP contribution in [0.2, 0.25) is 0 Å². The molecule has 4 rings (SSSR count). The van der Waals surface area contributed by atoms with Crippen LogP contribution in [0.25, 0.3) is 0 Å². The van der Waals surface area contributed by atoms with E-state index >= 15 is 0 Å². The van der Waals surface area contributed by atoms with Crippen LogP contribution < -0.4 is 16.0 Å². The number of nitrogens with two attached hydrogens (primary N) is 1. The topological polar surface area (TPSA) is 78.7 Å². The second-order valence-electron chi connectivity index (χ2n) is 9.65. The van der Waals surface area contributed by atoms with Crippen molar-refractivity contribution in [3.8, 4) is 0 Å². The van der Waals surface area contributed by atoms with Gasteiger partial charge in [-0.3, -0.25) is 14.9 Å². The van der Waals surface area contributed by atoms with E-state index < -0.39 is 5.92 Å². The van der Waals surface area contributed by atoms with Gasteiger partial charge < -0.3 is 15.5 Å². The molecule has 2 saturated heterocycles. The normalized spacial score (nSPS) is 28.1. The summed E-state index contributed by atoms with van der Waals surface area (Å²) in [6.45, 7) is 2.80. The molecule has 170 valence electrons. The van der Waals surface area contributed by atoms with Crippen molar-refractivity contribution in [3.05, 3.63) is 29.6 Å². The number of rotatable bonds is 5. The molecule has 1 unspecified atom stereocenters. The maximum Gasteiger partial charge on any atom is 0.234 e. The summed E-state index contributed by atoms with van der Waals surface area (Å²) in [5.41, 5.74) is 7.30. The number of benzene rings is 1. The second-order valence-corrected chi connectivity index (χ2v) is 9.65. The maximum absolute atomic E-state index is 14.9. The number of hydrogen-bond acceptors (Lipinski definition) is 5. The van der Waals surface area contributed by atoms with E-state index in [9.17, 15) is 14.0 Å². The van der Waals surface area contributed by atoms with E-state index in [0.717, 1.165) is 45.3 Å². The summed E-state index contributed by atoms with van der Waals surface area (Å²) in [5.74, 6) is -0.664. The zero-order chi connectivity index (χ0) is 22.0. The molecule has 1 atom stereocenters. The first-order chi connectivity index (χ1) is 14.9. The largest absolute Gasteiger partial charge is 0.369 e. The Balaban J connectivity index is 1.30. The Morgan fingerprint density at radius 1 is 1.10 bits per heavy atom. The number of halogens is 1. The summed E-state index contributed by atoms with van der Waals surface area (Å²) in [4.78, 5) is 28.1. The van der Waals surface area contributed by atoms with Gasteiger partial charge in [-0.25, -0.2) is 4.39 Å². The highest BCUT2D eigenvalue weighted by molar-refractivity contribution is 6.00. The zero-order valence-electron chi connectivity index (χ0n) is 18.5. The van der Waals surface area contributed by atoms with Gasteiger partial charge in [0.1, 0.15) is 5.82 Å². The van der Waals surface area contributed by atoms with Crippen LogP contribution in [-0.2, 0) is 9.59 Å². The highest BCUT2D eigenvalue weighted by atomic mass is 19.1. The molecule has 1 aromatic carbocycles. The summed E-state index contributed by atoms with van der Waals surface area (Å²) in [5, 5.41) is 2.35. The van der Waals surface area contributed by atoms with Crippen LogP contribution >= 0.6 is 0 Å². The summed E-state index contributed by atoms with van der Waals surface area (Å²) in [7, 11) is 2.24. The van der Waals surface area contributed by atoms with Crippen LogP contribution in [-0.4, -0.2) is 55.5 Å². The maximum atomic E-state index is 14.9. The number of nitrogens with zero attached hydrogens (tertiary/aromatic N) is 2. The first kappa shape index (κ1) is 22.2. The van der Waals surface area contributed by atoms with Crippen LogP contribution in [0.3, 0.4) is 0 Å². The van der Waals surface area contributed by atoms with E-state index in [1.54, 1.807) is 6.07 Å². The van der Waals surface area contributed by atoms with Gasteiger partial charge >= 0.3 is 0 Å². The molecule has 3 fully saturated rings. The summed E-state index contributed by atoms with van der Waals surface area (Å²) < 4.78 is 14.9. The molecule has 0 aromatic heterocycles. The Bertz CT molecular complexity index is 801. The summed E-state index contributed by atoms with van der Waals surface area (Å²) in [6.07, 6.45) is 7.51. The van der Waals surface area contributed by atoms with Crippen LogP contribution in [0.1, 0.15) is 62.8 Å². The smallest absolute Gasteiger partial charge is 0.234 e. The fourth-order valence-electron chi connectivity index (χ4n) is 5.46. The summed E-state index contributed by atoms with van der Waals surface area (Å²) in [6, 6.07) is 6.14. The predicted molar refractivity (Wildman–Crippen MR) is 119 cm³/mol. The Morgan fingerprint density at radius 3 is 2.45 bits per heavy atom. The number of imide groups is 1. The molecule has 2 aliphatic heterocycles. The van der Waals surface area contributed by atoms with Crippen molar-refractivity contribution < 1.29 is 14.0 Å². The van der Waals surface area contributed by atoms with Crippen molar-refractivity contribution in [3.63, 3.8) is 0 Å². The van der Waals surface area contributed by atoms with Gasteiger partial charge in [-0.05, 0) is 75.6 Å². The highest BCUT2D eigenvalue weighted by Gasteiger charge is 2.30. The van der Waals surface area contributed by atoms with Crippen molar-refractivity contribution >= 4 is 17.5 Å². The molecule has 0 spiro atoms. The van der Waals surface area contributed by atoms with E-state index in [0.29, 0.717) is 42.1 Å². The predicted octanol–water partition coefficient (Wildman–Crippen LogP) is 2.76. The second kappa shape index (κ2) is 9.65. The molecule has 0 radical (unpaired) electrons. The molecule has 6 nitrogen and oxygen atoms in total. The Labute approximate surface area is 184 Å². The van der Waals surface area contributed by atoms with Crippen molar-refractivity contribution in [2.24, 2.45) is 11.7 Å². The molecular weight excluding hydrogens is 395 g/mol. The van der Waals surface area contributed by atoms with Crippen molar-refractivity contribution in [1.29, 1.82) is 0 Å². The average Bonchev–Trinajstić information content (AvgIpc) is 2.75. The van der Waals surface area contributed by atoms with Crippen molar-refractivity contribution in [2.75, 3.05) is 31.6 Å². The molecule has 2 heterocycles. The standard InChI is InChI=1S/C24H35FN4O2/c1-28(19-5-3-18(26)4-6-19)15-16-10-12-29(13-11-16)22-8-2-17(14-21(22)25)20-7-9-23(30)27-24(20)31/h2,8,14,16,18-20H,3-7,9-13,15,26H2,1H3,(H,27,30,31)/t18-,19+,20?. The van der Waals surface area contributed by atoms with Gasteiger partial charge in [-0.1, -0.05) is 6.07 Å². The molecular formula is C24H35FN4O2. The van der Waals surface area contributed by atoms with Crippen LogP contribution in [0.4, 0.5) is 10.1 Å². The molecule has 31 heavy (non-hydrogen) atoms. The van der Waals surface area contributed by atoms with Crippen molar-refractivity contribution in [2.45, 2.75) is 69.4 Å². The van der Waals surface area contributed by atoms with E-state index in [2.05, 4.69) is 22.2 Å². The minimum atomic E-state index is -0.447. The van der Waals surface area contributed by atoms with Crippen LogP contribution in [0, 0.1) is 11.7 Å². The Kier molecular flexibility index (Phi) is 6.92. The molecule has 0 bridgehead atoms. The monoisotopic (exact) mass is 430 g/mol. The Hall–Kier alpha value is -1.99. The Morgan fingerprint density at radius 2 is 1.81 bits per heavy atom. The molecule has 3 aliphatic rings. The number of amides is 2. The molecule has 1 saturated carbocycles. The van der Waals surface area contributed by atoms with E-state index in [1.165, 1.54) is 18.9 Å². The van der Waals surface area contributed by atoms with Gasteiger partial charge in [-0.15, -0.1) is 0 Å². The lowest BCUT2D eigenvalue weighted by molar-refractivity contribution is -0.134. The third-order valence-corrected chi connectivity index (χ3v) is 7.48. The van der Waals surface area contributed by atoms with Gasteiger partial charge in [-0.2, -0.15) is 0 Å². The van der Waals surface area contributed by atoms with Gasteiger partial charge in [0.25, 0.3) is 0 Å². The quantitative estimate of drug-likeness (QED) is 0.703. The lowest BCUT2D eigenvalue weighted by atomic mass is 9.89. The zero-order valence-corrected chi connectivity index (χ0v) is 18.5. The van der Waals surface area contributed by atoms with E-state index in [4.69, 9.17) is 5.73 Å². The minimum Gasteiger partial charge on any atom is -0.369 e. The highest BCUT2D eigenvalue weighted by Crippen LogP contribution is 2.31. The summed E-state index contributed by atoms with van der Waals surface area (Å²) >= 11 is 0. The van der Waals surface area contributed by atoms with Gasteiger partial charge in [0, 0.05) is 38.1 Å². The lowest BCUT2D eigenvalue weighted by Crippen LogP contribution is -2.43. The average molecular weight is 431 g/mol. The van der Waals surface area contributed by atoms with E-state index in [1.807, 2.05) is 6.07 Å². The molecule has 7 heteroatoms. The fraction of sp³-hybridized carbons (Fsp3) is 0.667. The van der Waals surface area contributed by atoms with Crippen LogP contribution in [0.5, 0.6) is 0 Å². The van der Waals surface area contributed by atoms with E-state index in [-0.39, 0.29) is 17.6 Å². The number of piperidine rings is 2. The molecule has 1 aliphatic carbocycles. The number of carbonyl (C=O) groups is 2. The first-order valence-electron chi connectivity index (χ1n) is 11.7. The SMILES string of the molecule is CN(CC1CCN(c2ccc(C3CCC(=O)NC3=O)cc2F)CC1)[C@H]1CC[C@@H](N)CC1. The molecule has 3 N–H and O–H groups in total. The lowest BCUT2D eigenvalue weighted by Gasteiger charge is -2.39. The van der Waals surface area contributed by atoms with Gasteiger partial charge in [0.05, 0.1) is 11.6 Å². The molecule has 1 aromatic rings. The van der Waals surface area contributed by atoms with Crippen LogP contribution in [0.15, 0.2) is 18.2 Å².